The highest BCUT2D eigenvalue weighted by atomic mass is 32.2. The van der Waals surface area contributed by atoms with Crippen LogP contribution in [-0.2, 0) is 14.8 Å². The van der Waals surface area contributed by atoms with E-state index in [2.05, 4.69) is 15.4 Å². The number of amides is 1. The standard InChI is InChI=1S/C13H19N3O3S/c1-20(18,19)16-11-7-3-2-6-10(11)15-13(17)12-8-4-5-9-14-12/h2-3,6-7,12,14,16H,4-5,8-9H2,1H3,(H,15,17). The first-order valence-corrected chi connectivity index (χ1v) is 8.46. The van der Waals surface area contributed by atoms with E-state index in [0.29, 0.717) is 11.4 Å². The first kappa shape index (κ1) is 14.8. The zero-order chi connectivity index (χ0) is 14.6. The van der Waals surface area contributed by atoms with E-state index in [1.54, 1.807) is 24.3 Å². The predicted octanol–water partition coefficient (Wildman–Crippen LogP) is 1.14. The van der Waals surface area contributed by atoms with Gasteiger partial charge in [0.25, 0.3) is 0 Å². The summed E-state index contributed by atoms with van der Waals surface area (Å²) in [4.78, 5) is 12.1. The lowest BCUT2D eigenvalue weighted by molar-refractivity contribution is -0.118. The fraction of sp³-hybridized carbons (Fsp3) is 0.462. The minimum atomic E-state index is -3.38. The Hall–Kier alpha value is -1.60. The highest BCUT2D eigenvalue weighted by Gasteiger charge is 2.21. The molecule has 1 aliphatic rings. The Bertz CT molecular complexity index is 580. The molecule has 1 atom stereocenters. The van der Waals surface area contributed by atoms with Gasteiger partial charge >= 0.3 is 0 Å². The van der Waals surface area contributed by atoms with Gasteiger partial charge in [0.2, 0.25) is 15.9 Å². The largest absolute Gasteiger partial charge is 0.323 e. The minimum Gasteiger partial charge on any atom is -0.323 e. The van der Waals surface area contributed by atoms with Gasteiger partial charge in [0.1, 0.15) is 0 Å². The summed E-state index contributed by atoms with van der Waals surface area (Å²) in [5.41, 5.74) is 0.842. The molecular formula is C13H19N3O3S. The Morgan fingerprint density at radius 2 is 1.95 bits per heavy atom. The molecule has 0 saturated carbocycles. The maximum Gasteiger partial charge on any atom is 0.241 e. The number of rotatable bonds is 4. The van der Waals surface area contributed by atoms with Gasteiger partial charge in [0.05, 0.1) is 23.7 Å². The summed E-state index contributed by atoms with van der Waals surface area (Å²) in [7, 11) is -3.38. The van der Waals surface area contributed by atoms with Gasteiger partial charge in [-0.15, -0.1) is 0 Å². The fourth-order valence-corrected chi connectivity index (χ4v) is 2.75. The van der Waals surface area contributed by atoms with Crippen molar-refractivity contribution in [2.24, 2.45) is 0 Å². The van der Waals surface area contributed by atoms with Crippen LogP contribution in [0.5, 0.6) is 0 Å². The summed E-state index contributed by atoms with van der Waals surface area (Å²) in [5, 5.41) is 5.93. The van der Waals surface area contributed by atoms with Crippen LogP contribution in [0.4, 0.5) is 11.4 Å². The SMILES string of the molecule is CS(=O)(=O)Nc1ccccc1NC(=O)C1CCCCN1. The highest BCUT2D eigenvalue weighted by molar-refractivity contribution is 7.92. The molecule has 1 heterocycles. The zero-order valence-electron chi connectivity index (χ0n) is 11.3. The molecule has 1 aromatic rings. The summed E-state index contributed by atoms with van der Waals surface area (Å²) in [6.45, 7) is 0.835. The fourth-order valence-electron chi connectivity index (χ4n) is 2.18. The quantitative estimate of drug-likeness (QED) is 0.777. The molecule has 6 nitrogen and oxygen atoms in total. The lowest BCUT2D eigenvalue weighted by Gasteiger charge is -2.23. The number of nitrogens with one attached hydrogen (secondary N) is 3. The van der Waals surface area contributed by atoms with Crippen LogP contribution in [0.3, 0.4) is 0 Å². The summed E-state index contributed by atoms with van der Waals surface area (Å²) in [6.07, 6.45) is 3.98. The third-order valence-electron chi connectivity index (χ3n) is 3.11. The normalized spacial score (nSPS) is 19.4. The summed E-state index contributed by atoms with van der Waals surface area (Å²) in [5.74, 6) is -0.132. The Labute approximate surface area is 119 Å². The Balaban J connectivity index is 2.10. The number of para-hydroxylation sites is 2. The summed E-state index contributed by atoms with van der Waals surface area (Å²) in [6, 6.07) is 6.54. The first-order valence-electron chi connectivity index (χ1n) is 6.57. The van der Waals surface area contributed by atoms with Crippen LogP contribution >= 0.6 is 0 Å². The van der Waals surface area contributed by atoms with Crippen molar-refractivity contribution in [3.8, 4) is 0 Å². The van der Waals surface area contributed by atoms with Crippen molar-refractivity contribution < 1.29 is 13.2 Å². The van der Waals surface area contributed by atoms with E-state index in [1.165, 1.54) is 0 Å². The van der Waals surface area contributed by atoms with Crippen molar-refractivity contribution >= 4 is 27.3 Å². The topological polar surface area (TPSA) is 87.3 Å². The second kappa shape index (κ2) is 6.23. The second-order valence-corrected chi connectivity index (χ2v) is 6.66. The number of hydrogen-bond acceptors (Lipinski definition) is 4. The lowest BCUT2D eigenvalue weighted by Crippen LogP contribution is -2.43. The predicted molar refractivity (Wildman–Crippen MR) is 79.2 cm³/mol. The van der Waals surface area contributed by atoms with E-state index in [9.17, 15) is 13.2 Å². The molecule has 20 heavy (non-hydrogen) atoms. The molecule has 0 bridgehead atoms. The Morgan fingerprint density at radius 3 is 2.55 bits per heavy atom. The molecule has 7 heteroatoms. The average molecular weight is 297 g/mol. The second-order valence-electron chi connectivity index (χ2n) is 4.91. The van der Waals surface area contributed by atoms with Crippen LogP contribution in [-0.4, -0.2) is 33.2 Å². The molecule has 110 valence electrons. The Morgan fingerprint density at radius 1 is 1.25 bits per heavy atom. The molecule has 0 radical (unpaired) electrons. The van der Waals surface area contributed by atoms with E-state index >= 15 is 0 Å². The van der Waals surface area contributed by atoms with Gasteiger partial charge in [-0.3, -0.25) is 9.52 Å². The smallest absolute Gasteiger partial charge is 0.241 e. The molecule has 0 aromatic heterocycles. The first-order chi connectivity index (χ1) is 9.46. The van der Waals surface area contributed by atoms with Gasteiger partial charge in [-0.1, -0.05) is 18.6 Å². The number of piperidine rings is 1. The van der Waals surface area contributed by atoms with E-state index in [-0.39, 0.29) is 11.9 Å². The van der Waals surface area contributed by atoms with Gasteiger partial charge in [0.15, 0.2) is 0 Å². The van der Waals surface area contributed by atoms with Crippen molar-refractivity contribution in [2.45, 2.75) is 25.3 Å². The summed E-state index contributed by atoms with van der Waals surface area (Å²) < 4.78 is 25.0. The Kier molecular flexibility index (Phi) is 4.61. The zero-order valence-corrected chi connectivity index (χ0v) is 12.2. The summed E-state index contributed by atoms with van der Waals surface area (Å²) >= 11 is 0. The number of benzene rings is 1. The monoisotopic (exact) mass is 297 g/mol. The van der Waals surface area contributed by atoms with Crippen molar-refractivity contribution in [3.63, 3.8) is 0 Å². The van der Waals surface area contributed by atoms with Gasteiger partial charge in [-0.2, -0.15) is 0 Å². The molecule has 0 spiro atoms. The maximum absolute atomic E-state index is 12.1. The highest BCUT2D eigenvalue weighted by Crippen LogP contribution is 2.22. The number of anilines is 2. The van der Waals surface area contributed by atoms with Crippen LogP contribution in [0.15, 0.2) is 24.3 Å². The lowest BCUT2D eigenvalue weighted by atomic mass is 10.0. The number of hydrogen-bond donors (Lipinski definition) is 3. The van der Waals surface area contributed by atoms with Crippen molar-refractivity contribution in [1.82, 2.24) is 5.32 Å². The molecule has 1 saturated heterocycles. The van der Waals surface area contributed by atoms with Gasteiger partial charge in [-0.05, 0) is 31.5 Å². The van der Waals surface area contributed by atoms with E-state index < -0.39 is 10.0 Å². The number of carbonyl (C=O) groups excluding carboxylic acids is 1. The van der Waals surface area contributed by atoms with Gasteiger partial charge in [0, 0.05) is 0 Å². The molecule has 2 rings (SSSR count). The van der Waals surface area contributed by atoms with Gasteiger partial charge < -0.3 is 10.6 Å². The number of carbonyl (C=O) groups is 1. The molecule has 1 unspecified atom stereocenters. The number of sulfonamides is 1. The van der Waals surface area contributed by atoms with Crippen LogP contribution in [0.1, 0.15) is 19.3 Å². The molecule has 1 aromatic carbocycles. The third kappa shape index (κ3) is 4.21. The van der Waals surface area contributed by atoms with Crippen molar-refractivity contribution in [1.29, 1.82) is 0 Å². The van der Waals surface area contributed by atoms with Crippen LogP contribution in [0, 0.1) is 0 Å². The molecular weight excluding hydrogens is 278 g/mol. The molecule has 1 aliphatic heterocycles. The van der Waals surface area contributed by atoms with Crippen molar-refractivity contribution in [2.75, 3.05) is 22.8 Å². The molecule has 1 amide bonds. The molecule has 0 aliphatic carbocycles. The van der Waals surface area contributed by atoms with E-state index in [0.717, 1.165) is 32.1 Å². The molecule has 1 fully saturated rings. The average Bonchev–Trinajstić information content (AvgIpc) is 2.40. The van der Waals surface area contributed by atoms with E-state index in [4.69, 9.17) is 0 Å². The van der Waals surface area contributed by atoms with Crippen LogP contribution in [0.2, 0.25) is 0 Å². The maximum atomic E-state index is 12.1. The van der Waals surface area contributed by atoms with Gasteiger partial charge in [-0.25, -0.2) is 8.42 Å². The molecule has 3 N–H and O–H groups in total. The minimum absolute atomic E-state index is 0.132. The van der Waals surface area contributed by atoms with Crippen molar-refractivity contribution in [3.05, 3.63) is 24.3 Å². The third-order valence-corrected chi connectivity index (χ3v) is 3.70. The van der Waals surface area contributed by atoms with Crippen LogP contribution in [0.25, 0.3) is 0 Å². The van der Waals surface area contributed by atoms with Crippen LogP contribution < -0.4 is 15.4 Å². The van der Waals surface area contributed by atoms with E-state index in [1.807, 2.05) is 0 Å².